The molecule has 1 fully saturated rings. The Morgan fingerprint density at radius 2 is 1.61 bits per heavy atom. The number of carbonyl (C=O) groups excluding carboxylic acids is 2. The van der Waals surface area contributed by atoms with Crippen molar-refractivity contribution < 1.29 is 24.2 Å². The van der Waals surface area contributed by atoms with Crippen molar-refractivity contribution in [3.05, 3.63) is 59.7 Å². The van der Waals surface area contributed by atoms with Gasteiger partial charge in [-0.05, 0) is 42.0 Å². The lowest BCUT2D eigenvalue weighted by Gasteiger charge is -2.24. The van der Waals surface area contributed by atoms with Gasteiger partial charge in [-0.15, -0.1) is 0 Å². The van der Waals surface area contributed by atoms with Gasteiger partial charge in [0.2, 0.25) is 5.91 Å². The zero-order chi connectivity index (χ0) is 23.5. The molecule has 0 aromatic heterocycles. The molecule has 0 bridgehead atoms. The topological polar surface area (TPSA) is 105 Å². The molecule has 2 aliphatic carbocycles. The van der Waals surface area contributed by atoms with Crippen molar-refractivity contribution in [3.8, 4) is 11.1 Å². The van der Waals surface area contributed by atoms with Crippen LogP contribution in [0.3, 0.4) is 0 Å². The summed E-state index contributed by atoms with van der Waals surface area (Å²) in [5.41, 5.74) is 4.59. The molecule has 2 aromatic rings. The molecule has 174 valence electrons. The molecular weight excluding hydrogens is 420 g/mol. The van der Waals surface area contributed by atoms with Gasteiger partial charge >= 0.3 is 12.1 Å². The molecule has 4 rings (SSSR count). The van der Waals surface area contributed by atoms with Crippen LogP contribution in [0.2, 0.25) is 0 Å². The van der Waals surface area contributed by atoms with Crippen molar-refractivity contribution >= 4 is 18.0 Å². The number of carboxylic acids is 1. The lowest BCUT2D eigenvalue weighted by atomic mass is 9.98. The summed E-state index contributed by atoms with van der Waals surface area (Å²) in [6, 6.07) is 15.4. The molecule has 2 amide bonds. The fourth-order valence-electron chi connectivity index (χ4n) is 4.92. The Labute approximate surface area is 193 Å². The second kappa shape index (κ2) is 9.65. The number of hydrogen-bond donors (Lipinski definition) is 3. The standard InChI is InChI=1S/C26H30N2O5/c1-15(24(29)28-23-13-7-12-21(23)25(30)31)16(2)27-26(32)33-14-22-19-10-5-3-8-17(19)18-9-4-6-11-20(18)22/h3-6,8-11,15-16,21-23H,7,12-14H2,1-2H3,(H,27,32)(H,28,29)(H,30,31)/t15?,16?,21-,23+/m1/s1. The Kier molecular flexibility index (Phi) is 6.67. The lowest BCUT2D eigenvalue weighted by molar-refractivity contribution is -0.142. The predicted octanol–water partition coefficient (Wildman–Crippen LogP) is 3.92. The first-order chi connectivity index (χ1) is 15.9. The van der Waals surface area contributed by atoms with Crippen molar-refractivity contribution in [1.29, 1.82) is 0 Å². The lowest BCUT2D eigenvalue weighted by Crippen LogP contribution is -2.48. The Hall–Kier alpha value is -3.35. The number of amides is 2. The summed E-state index contributed by atoms with van der Waals surface area (Å²) in [6.07, 6.45) is 1.43. The summed E-state index contributed by atoms with van der Waals surface area (Å²) < 4.78 is 5.56. The Morgan fingerprint density at radius 3 is 2.21 bits per heavy atom. The van der Waals surface area contributed by atoms with E-state index in [1.54, 1.807) is 13.8 Å². The molecule has 0 radical (unpaired) electrons. The van der Waals surface area contributed by atoms with E-state index in [1.807, 2.05) is 24.3 Å². The third-order valence-corrected chi connectivity index (χ3v) is 7.01. The molecule has 1 saturated carbocycles. The number of rotatable bonds is 7. The van der Waals surface area contributed by atoms with E-state index in [-0.39, 0.29) is 24.5 Å². The van der Waals surface area contributed by atoms with E-state index in [2.05, 4.69) is 34.9 Å². The Morgan fingerprint density at radius 1 is 1.00 bits per heavy atom. The Bertz CT molecular complexity index is 1010. The SMILES string of the molecule is CC(NC(=O)OCC1c2ccccc2-c2ccccc21)C(C)C(=O)N[C@H]1CCC[C@H]1C(=O)O. The molecule has 2 aliphatic rings. The molecule has 3 N–H and O–H groups in total. The third kappa shape index (κ3) is 4.72. The summed E-state index contributed by atoms with van der Waals surface area (Å²) in [6.45, 7) is 3.67. The molecule has 0 heterocycles. The van der Waals surface area contributed by atoms with Crippen LogP contribution in [0.25, 0.3) is 11.1 Å². The van der Waals surface area contributed by atoms with Crippen LogP contribution in [0.1, 0.15) is 50.2 Å². The zero-order valence-corrected chi connectivity index (χ0v) is 18.9. The fourth-order valence-corrected chi connectivity index (χ4v) is 4.92. The van der Waals surface area contributed by atoms with Crippen LogP contribution in [-0.4, -0.2) is 41.8 Å². The van der Waals surface area contributed by atoms with Crippen LogP contribution in [0.5, 0.6) is 0 Å². The van der Waals surface area contributed by atoms with Gasteiger partial charge in [0, 0.05) is 18.0 Å². The van der Waals surface area contributed by atoms with Gasteiger partial charge < -0.3 is 20.5 Å². The van der Waals surface area contributed by atoms with Gasteiger partial charge in [0.25, 0.3) is 0 Å². The molecule has 0 saturated heterocycles. The maximum absolute atomic E-state index is 12.6. The third-order valence-electron chi connectivity index (χ3n) is 7.01. The minimum atomic E-state index is -0.879. The number of aliphatic carboxylic acids is 1. The van der Waals surface area contributed by atoms with Gasteiger partial charge in [0.05, 0.1) is 11.8 Å². The first kappa shape index (κ1) is 22.8. The van der Waals surface area contributed by atoms with Crippen LogP contribution in [0, 0.1) is 11.8 Å². The minimum Gasteiger partial charge on any atom is -0.481 e. The summed E-state index contributed by atoms with van der Waals surface area (Å²) in [5, 5.41) is 14.9. The normalized spacial score (nSPS) is 20.9. The highest BCUT2D eigenvalue weighted by Gasteiger charge is 2.35. The average molecular weight is 451 g/mol. The minimum absolute atomic E-state index is 0.0329. The molecule has 0 spiro atoms. The highest BCUT2D eigenvalue weighted by atomic mass is 16.5. The molecule has 7 heteroatoms. The summed E-state index contributed by atoms with van der Waals surface area (Å²) in [7, 11) is 0. The number of carboxylic acid groups (broad SMARTS) is 1. The van der Waals surface area contributed by atoms with Crippen molar-refractivity contribution in [2.24, 2.45) is 11.8 Å². The van der Waals surface area contributed by atoms with Crippen molar-refractivity contribution in [2.45, 2.75) is 51.1 Å². The van der Waals surface area contributed by atoms with Gasteiger partial charge in [-0.1, -0.05) is 61.9 Å². The van der Waals surface area contributed by atoms with Gasteiger partial charge in [0.15, 0.2) is 0 Å². The van der Waals surface area contributed by atoms with Crippen molar-refractivity contribution in [1.82, 2.24) is 10.6 Å². The van der Waals surface area contributed by atoms with E-state index in [1.165, 1.54) is 0 Å². The first-order valence-electron chi connectivity index (χ1n) is 11.5. The molecule has 0 aliphatic heterocycles. The molecule has 7 nitrogen and oxygen atoms in total. The number of benzene rings is 2. The number of alkyl carbamates (subject to hydrolysis) is 1. The maximum Gasteiger partial charge on any atom is 0.407 e. The smallest absolute Gasteiger partial charge is 0.407 e. The molecular formula is C26H30N2O5. The van der Waals surface area contributed by atoms with Crippen molar-refractivity contribution in [3.63, 3.8) is 0 Å². The highest BCUT2D eigenvalue weighted by molar-refractivity contribution is 5.82. The molecule has 4 atom stereocenters. The number of nitrogens with one attached hydrogen (secondary N) is 2. The number of hydrogen-bond acceptors (Lipinski definition) is 4. The second-order valence-corrected chi connectivity index (χ2v) is 9.04. The van der Waals surface area contributed by atoms with Gasteiger partial charge in [0.1, 0.15) is 6.61 Å². The maximum atomic E-state index is 12.6. The quantitative estimate of drug-likeness (QED) is 0.593. The van der Waals surface area contributed by atoms with Crippen LogP contribution < -0.4 is 10.6 Å². The highest BCUT2D eigenvalue weighted by Crippen LogP contribution is 2.44. The van der Waals surface area contributed by atoms with E-state index < -0.39 is 29.9 Å². The molecule has 2 aromatic carbocycles. The largest absolute Gasteiger partial charge is 0.481 e. The van der Waals surface area contributed by atoms with Crippen LogP contribution in [0.4, 0.5) is 4.79 Å². The van der Waals surface area contributed by atoms with E-state index in [9.17, 15) is 19.5 Å². The van der Waals surface area contributed by atoms with E-state index in [0.29, 0.717) is 12.8 Å². The van der Waals surface area contributed by atoms with Crippen LogP contribution >= 0.6 is 0 Å². The van der Waals surface area contributed by atoms with E-state index >= 15 is 0 Å². The molecule has 33 heavy (non-hydrogen) atoms. The zero-order valence-electron chi connectivity index (χ0n) is 18.9. The molecule has 2 unspecified atom stereocenters. The van der Waals surface area contributed by atoms with Crippen LogP contribution in [-0.2, 0) is 14.3 Å². The van der Waals surface area contributed by atoms with E-state index in [0.717, 1.165) is 28.7 Å². The average Bonchev–Trinajstić information content (AvgIpc) is 3.39. The Balaban J connectivity index is 1.32. The summed E-state index contributed by atoms with van der Waals surface area (Å²) in [5.74, 6) is -2.25. The number of carbonyl (C=O) groups is 3. The van der Waals surface area contributed by atoms with E-state index in [4.69, 9.17) is 4.74 Å². The van der Waals surface area contributed by atoms with Gasteiger partial charge in [-0.2, -0.15) is 0 Å². The van der Waals surface area contributed by atoms with Gasteiger partial charge in [-0.25, -0.2) is 4.79 Å². The van der Waals surface area contributed by atoms with Gasteiger partial charge in [-0.3, -0.25) is 9.59 Å². The monoisotopic (exact) mass is 450 g/mol. The second-order valence-electron chi connectivity index (χ2n) is 9.04. The summed E-state index contributed by atoms with van der Waals surface area (Å²) >= 11 is 0. The van der Waals surface area contributed by atoms with Crippen LogP contribution in [0.15, 0.2) is 48.5 Å². The summed E-state index contributed by atoms with van der Waals surface area (Å²) in [4.78, 5) is 36.5. The first-order valence-corrected chi connectivity index (χ1v) is 11.5. The number of ether oxygens (including phenoxy) is 1. The van der Waals surface area contributed by atoms with Crippen molar-refractivity contribution in [2.75, 3.05) is 6.61 Å². The fraction of sp³-hybridized carbons (Fsp3) is 0.423. The predicted molar refractivity (Wildman–Crippen MR) is 124 cm³/mol. The number of fused-ring (bicyclic) bond motifs is 3.